The summed E-state index contributed by atoms with van der Waals surface area (Å²) < 4.78 is 35.1. The molecule has 0 saturated carbocycles. The van der Waals surface area contributed by atoms with Crippen molar-refractivity contribution in [2.75, 3.05) is 11.9 Å². The summed E-state index contributed by atoms with van der Waals surface area (Å²) >= 11 is 0. The van der Waals surface area contributed by atoms with Crippen LogP contribution in [0.15, 0.2) is 29.3 Å². The van der Waals surface area contributed by atoms with Gasteiger partial charge in [-0.05, 0) is 38.5 Å². The van der Waals surface area contributed by atoms with E-state index in [0.29, 0.717) is 11.3 Å². The zero-order valence-corrected chi connectivity index (χ0v) is 19.3. The van der Waals surface area contributed by atoms with E-state index in [4.69, 9.17) is 4.74 Å². The molecule has 0 fully saturated rings. The third-order valence-electron chi connectivity index (χ3n) is 4.84. The van der Waals surface area contributed by atoms with Gasteiger partial charge in [-0.15, -0.1) is 0 Å². The number of nitrogens with one attached hydrogen (secondary N) is 2. The number of ether oxygens (including phenoxy) is 1. The Labute approximate surface area is 191 Å². The number of fused-ring (bicyclic) bond motifs is 1. The number of sulfonamides is 1. The van der Waals surface area contributed by atoms with Crippen LogP contribution in [0.2, 0.25) is 0 Å². The minimum Gasteiger partial charge on any atom is -0.488 e. The highest BCUT2D eigenvalue weighted by atomic mass is 32.2. The van der Waals surface area contributed by atoms with Gasteiger partial charge in [0.05, 0.1) is 17.7 Å². The van der Waals surface area contributed by atoms with Gasteiger partial charge in [0.1, 0.15) is 23.2 Å². The fourth-order valence-electron chi connectivity index (χ4n) is 3.16. The second-order valence-electron chi connectivity index (χ2n) is 8.19. The van der Waals surface area contributed by atoms with Gasteiger partial charge in [-0.3, -0.25) is 4.79 Å². The number of aliphatic hydroxyl groups is 2. The van der Waals surface area contributed by atoms with Crippen molar-refractivity contribution in [2.45, 2.75) is 43.4 Å². The van der Waals surface area contributed by atoms with Crippen LogP contribution in [0, 0.1) is 30.1 Å². The number of hydrogen-bond donors (Lipinski definition) is 4. The minimum absolute atomic E-state index is 0.0489. The predicted octanol–water partition coefficient (Wildman–Crippen LogP) is 0.632. The lowest BCUT2D eigenvalue weighted by molar-refractivity contribution is 0.101. The van der Waals surface area contributed by atoms with Gasteiger partial charge in [0.25, 0.3) is 5.91 Å². The molecule has 0 aliphatic carbocycles. The summed E-state index contributed by atoms with van der Waals surface area (Å²) in [5.41, 5.74) is 0.0863. The Kier molecular flexibility index (Phi) is 6.54. The highest BCUT2D eigenvalue weighted by Gasteiger charge is 2.36. The summed E-state index contributed by atoms with van der Waals surface area (Å²) in [6.45, 7) is 4.31. The largest absolute Gasteiger partial charge is 0.488 e. The molecule has 3 rings (SSSR count). The van der Waals surface area contributed by atoms with Crippen LogP contribution >= 0.6 is 0 Å². The molecule has 0 saturated heterocycles. The summed E-state index contributed by atoms with van der Waals surface area (Å²) in [6, 6.07) is 5.74. The SMILES string of the molecule is Cc1ccc(NC(=O)c2c3c(cn2C)S(=O)(=O)N[C@@H]([C@@H](O)C#CC(C)(C)O)CO3)cc1C#N. The Morgan fingerprint density at radius 2 is 2.12 bits per heavy atom. The average Bonchev–Trinajstić information content (AvgIpc) is 3.00. The number of amides is 1. The number of nitriles is 1. The van der Waals surface area contributed by atoms with Crippen LogP contribution < -0.4 is 14.8 Å². The molecular formula is C22H24N4O6S. The maximum Gasteiger partial charge on any atom is 0.276 e. The fourth-order valence-corrected chi connectivity index (χ4v) is 4.58. The van der Waals surface area contributed by atoms with Gasteiger partial charge < -0.3 is 24.8 Å². The molecule has 0 radical (unpaired) electrons. The number of aliphatic hydroxyl groups excluding tert-OH is 1. The van der Waals surface area contributed by atoms with E-state index in [-0.39, 0.29) is 22.9 Å². The molecule has 174 valence electrons. The second kappa shape index (κ2) is 8.89. The molecule has 1 aromatic heterocycles. The topological polar surface area (TPSA) is 154 Å². The first-order valence-electron chi connectivity index (χ1n) is 9.92. The van der Waals surface area contributed by atoms with Crippen LogP contribution in [0.1, 0.15) is 35.5 Å². The fraction of sp³-hybridized carbons (Fsp3) is 0.364. The minimum atomic E-state index is -4.16. The number of rotatable bonds is 3. The lowest BCUT2D eigenvalue weighted by atomic mass is 10.1. The third-order valence-corrected chi connectivity index (χ3v) is 6.33. The quantitative estimate of drug-likeness (QED) is 0.478. The van der Waals surface area contributed by atoms with Crippen LogP contribution in [-0.2, 0) is 17.1 Å². The monoisotopic (exact) mass is 472 g/mol. The Bertz CT molecular complexity index is 1310. The summed E-state index contributed by atoms with van der Waals surface area (Å²) in [5.74, 6) is 4.04. The van der Waals surface area contributed by atoms with E-state index in [1.807, 2.05) is 6.07 Å². The lowest BCUT2D eigenvalue weighted by Crippen LogP contribution is -2.45. The number of carbonyl (C=O) groups excluding carboxylic acids is 1. The summed E-state index contributed by atoms with van der Waals surface area (Å²) in [4.78, 5) is 12.7. The first-order chi connectivity index (χ1) is 15.3. The van der Waals surface area contributed by atoms with Gasteiger partial charge in [-0.1, -0.05) is 17.9 Å². The van der Waals surface area contributed by atoms with Crippen LogP contribution in [-0.4, -0.2) is 53.5 Å². The predicted molar refractivity (Wildman–Crippen MR) is 119 cm³/mol. The van der Waals surface area contributed by atoms with Crippen LogP contribution in [0.4, 0.5) is 5.69 Å². The average molecular weight is 473 g/mol. The van der Waals surface area contributed by atoms with Gasteiger partial charge in [-0.2, -0.15) is 5.26 Å². The maximum absolute atomic E-state index is 13.0. The molecule has 4 N–H and O–H groups in total. The number of aromatic nitrogens is 1. The third kappa shape index (κ3) is 5.35. The molecular weight excluding hydrogens is 448 g/mol. The smallest absolute Gasteiger partial charge is 0.276 e. The van der Waals surface area contributed by atoms with Crippen LogP contribution in [0.5, 0.6) is 5.75 Å². The number of anilines is 1. The Hall–Kier alpha value is -3.35. The van der Waals surface area contributed by atoms with Crippen molar-refractivity contribution in [1.82, 2.24) is 9.29 Å². The summed E-state index contributed by atoms with van der Waals surface area (Å²) in [6.07, 6.45) is -0.224. The van der Waals surface area contributed by atoms with E-state index < -0.39 is 33.7 Å². The van der Waals surface area contributed by atoms with Crippen molar-refractivity contribution >= 4 is 21.6 Å². The molecule has 10 nitrogen and oxygen atoms in total. The Morgan fingerprint density at radius 3 is 2.76 bits per heavy atom. The van der Waals surface area contributed by atoms with Crippen molar-refractivity contribution < 1.29 is 28.2 Å². The van der Waals surface area contributed by atoms with E-state index in [9.17, 15) is 28.7 Å². The molecule has 2 aromatic rings. The number of hydrogen-bond acceptors (Lipinski definition) is 7. The van der Waals surface area contributed by atoms with Gasteiger partial charge in [0.2, 0.25) is 10.0 Å². The zero-order valence-electron chi connectivity index (χ0n) is 18.5. The van der Waals surface area contributed by atoms with Crippen LogP contribution in [0.3, 0.4) is 0 Å². The van der Waals surface area contributed by atoms with Gasteiger partial charge in [0.15, 0.2) is 11.4 Å². The summed E-state index contributed by atoms with van der Waals surface area (Å²) in [5, 5.41) is 31.9. The molecule has 0 spiro atoms. The number of nitrogens with zero attached hydrogens (tertiary/aromatic N) is 2. The zero-order chi connectivity index (χ0) is 24.6. The molecule has 33 heavy (non-hydrogen) atoms. The van der Waals surface area contributed by atoms with Gasteiger partial charge in [-0.25, -0.2) is 13.1 Å². The highest BCUT2D eigenvalue weighted by molar-refractivity contribution is 7.89. The highest BCUT2D eigenvalue weighted by Crippen LogP contribution is 2.33. The van der Waals surface area contributed by atoms with Crippen molar-refractivity contribution in [3.8, 4) is 23.7 Å². The molecule has 11 heteroatoms. The van der Waals surface area contributed by atoms with E-state index in [1.165, 1.54) is 37.7 Å². The Morgan fingerprint density at radius 1 is 1.42 bits per heavy atom. The molecule has 0 unspecified atom stereocenters. The number of carbonyl (C=O) groups is 1. The van der Waals surface area contributed by atoms with Gasteiger partial charge >= 0.3 is 0 Å². The van der Waals surface area contributed by atoms with Crippen molar-refractivity contribution in [3.05, 3.63) is 41.2 Å². The summed E-state index contributed by atoms with van der Waals surface area (Å²) in [7, 11) is -2.66. The standard InChI is InChI=1S/C22H24N4O6S/c1-13-5-6-15(9-14(13)10-23)24-21(28)19-20-18(11-26(19)4)33(30,31)25-16(12-32-20)17(27)7-8-22(2,3)29/h5-6,9,11,16-17,25,27,29H,12H2,1-4H3,(H,24,28)/t16-,17+/m1/s1. The molecule has 1 amide bonds. The van der Waals surface area contributed by atoms with E-state index in [0.717, 1.165) is 5.56 Å². The second-order valence-corrected chi connectivity index (χ2v) is 9.87. The van der Waals surface area contributed by atoms with Crippen molar-refractivity contribution in [3.63, 3.8) is 0 Å². The Balaban J connectivity index is 1.92. The number of aryl methyl sites for hydroxylation is 2. The first-order valence-corrected chi connectivity index (χ1v) is 11.4. The van der Waals surface area contributed by atoms with Crippen molar-refractivity contribution in [1.29, 1.82) is 5.26 Å². The molecule has 0 bridgehead atoms. The van der Waals surface area contributed by atoms with Crippen molar-refractivity contribution in [2.24, 2.45) is 7.05 Å². The maximum atomic E-state index is 13.0. The van der Waals surface area contributed by atoms with E-state index in [1.54, 1.807) is 19.1 Å². The molecule has 2 atom stereocenters. The van der Waals surface area contributed by atoms with Crippen LogP contribution in [0.25, 0.3) is 0 Å². The lowest BCUT2D eigenvalue weighted by Gasteiger charge is -2.18. The molecule has 1 aliphatic heterocycles. The van der Waals surface area contributed by atoms with Gasteiger partial charge in [0, 0.05) is 18.9 Å². The molecule has 2 heterocycles. The molecule has 1 aromatic carbocycles. The van der Waals surface area contributed by atoms with E-state index >= 15 is 0 Å². The first kappa shape index (κ1) is 24.3. The molecule has 1 aliphatic rings. The normalized spacial score (nSPS) is 17.9. The van der Waals surface area contributed by atoms with E-state index in [2.05, 4.69) is 21.9 Å². The number of benzene rings is 1.